The molecule has 0 aromatic carbocycles. The molecule has 1 aliphatic rings. The van der Waals surface area contributed by atoms with Gasteiger partial charge in [-0.2, -0.15) is 9.97 Å². The van der Waals surface area contributed by atoms with E-state index in [4.69, 9.17) is 14.2 Å². The van der Waals surface area contributed by atoms with Crippen LogP contribution in [0.3, 0.4) is 0 Å². The molecule has 29 heavy (non-hydrogen) atoms. The number of carbonyl (C=O) groups excluding carboxylic acids is 1. The molecule has 11 heteroatoms. The third-order valence-electron chi connectivity index (χ3n) is 3.93. The number of rotatable bonds is 7. The first-order valence-corrected chi connectivity index (χ1v) is 9.64. The highest BCUT2D eigenvalue weighted by molar-refractivity contribution is 7.99. The van der Waals surface area contributed by atoms with Crippen molar-refractivity contribution in [3.63, 3.8) is 0 Å². The summed E-state index contributed by atoms with van der Waals surface area (Å²) < 4.78 is 16.3. The van der Waals surface area contributed by atoms with E-state index in [1.54, 1.807) is 19.2 Å². The minimum Gasteiger partial charge on any atom is -0.480 e. The van der Waals surface area contributed by atoms with Crippen LogP contribution in [0.5, 0.6) is 11.8 Å². The van der Waals surface area contributed by atoms with Gasteiger partial charge in [0, 0.05) is 24.9 Å². The Hall–Kier alpha value is -2.92. The van der Waals surface area contributed by atoms with Gasteiger partial charge in [0.1, 0.15) is 10.7 Å². The summed E-state index contributed by atoms with van der Waals surface area (Å²) in [4.78, 5) is 32.0. The van der Waals surface area contributed by atoms with Crippen LogP contribution in [0.15, 0.2) is 34.5 Å². The third-order valence-corrected chi connectivity index (χ3v) is 4.86. The molecular formula is C18H22N6O4S. The molecule has 0 aliphatic carbocycles. The molecule has 10 nitrogen and oxygen atoms in total. The molecule has 0 atom stereocenters. The van der Waals surface area contributed by atoms with Crippen molar-refractivity contribution in [3.8, 4) is 11.8 Å². The molecule has 2 aromatic heterocycles. The number of carbonyl (C=O) groups is 1. The van der Waals surface area contributed by atoms with Crippen LogP contribution in [0.1, 0.15) is 6.92 Å². The van der Waals surface area contributed by atoms with Gasteiger partial charge in [-0.3, -0.25) is 4.79 Å². The predicted octanol–water partition coefficient (Wildman–Crippen LogP) is 1.79. The van der Waals surface area contributed by atoms with E-state index >= 15 is 0 Å². The number of hydrogen-bond acceptors (Lipinski definition) is 10. The Labute approximate surface area is 172 Å². The molecule has 1 amide bonds. The van der Waals surface area contributed by atoms with Gasteiger partial charge in [-0.15, -0.1) is 0 Å². The number of amides is 1. The maximum absolute atomic E-state index is 11.8. The van der Waals surface area contributed by atoms with Crippen molar-refractivity contribution < 1.29 is 19.0 Å². The minimum atomic E-state index is -0.312. The standard InChI is InChI=1S/C18H22N6O4S/c1-11(2)14(25)20-12-5-6-19-18(21-12)29-13-15(26-3)22-17(23-16(13)27-4)24-7-9-28-10-8-24/h5-6H,1,7-10H2,2-4H3,(H,19,20,21,25). The van der Waals surface area contributed by atoms with Crippen LogP contribution in [0.2, 0.25) is 0 Å². The molecule has 2 aromatic rings. The van der Waals surface area contributed by atoms with Crippen LogP contribution in [-0.4, -0.2) is 66.4 Å². The van der Waals surface area contributed by atoms with Crippen molar-refractivity contribution >= 4 is 29.4 Å². The van der Waals surface area contributed by atoms with Crippen molar-refractivity contribution in [2.45, 2.75) is 17.0 Å². The monoisotopic (exact) mass is 418 g/mol. The van der Waals surface area contributed by atoms with E-state index in [1.807, 2.05) is 4.90 Å². The van der Waals surface area contributed by atoms with Crippen LogP contribution in [0.4, 0.5) is 11.8 Å². The van der Waals surface area contributed by atoms with E-state index < -0.39 is 0 Å². The van der Waals surface area contributed by atoms with Crippen molar-refractivity contribution in [2.75, 3.05) is 50.7 Å². The van der Waals surface area contributed by atoms with Gasteiger partial charge in [-0.05, 0) is 24.8 Å². The molecule has 0 spiro atoms. The number of nitrogens with zero attached hydrogens (tertiary/aromatic N) is 5. The van der Waals surface area contributed by atoms with E-state index in [2.05, 4.69) is 31.8 Å². The van der Waals surface area contributed by atoms with Gasteiger partial charge in [0.05, 0.1) is 27.4 Å². The summed E-state index contributed by atoms with van der Waals surface area (Å²) in [6.07, 6.45) is 1.55. The first-order chi connectivity index (χ1) is 14.0. The summed E-state index contributed by atoms with van der Waals surface area (Å²) in [6, 6.07) is 1.59. The quantitative estimate of drug-likeness (QED) is 0.527. The molecule has 3 heterocycles. The van der Waals surface area contributed by atoms with E-state index in [-0.39, 0.29) is 5.91 Å². The summed E-state index contributed by atoms with van der Waals surface area (Å²) in [6.45, 7) is 7.83. The summed E-state index contributed by atoms with van der Waals surface area (Å²) in [7, 11) is 3.05. The molecule has 1 fully saturated rings. The number of methoxy groups -OCH3 is 2. The van der Waals surface area contributed by atoms with Gasteiger partial charge >= 0.3 is 0 Å². The summed E-state index contributed by atoms with van der Waals surface area (Å²) in [5.41, 5.74) is 0.383. The number of aromatic nitrogens is 4. The van der Waals surface area contributed by atoms with Crippen molar-refractivity contribution in [1.29, 1.82) is 0 Å². The zero-order valence-electron chi connectivity index (χ0n) is 16.5. The maximum Gasteiger partial charge on any atom is 0.251 e. The van der Waals surface area contributed by atoms with E-state index in [0.717, 1.165) is 0 Å². The van der Waals surface area contributed by atoms with Crippen LogP contribution in [0, 0.1) is 0 Å². The van der Waals surface area contributed by atoms with E-state index in [1.165, 1.54) is 26.0 Å². The summed E-state index contributed by atoms with van der Waals surface area (Å²) in [5, 5.41) is 3.04. The fourth-order valence-electron chi connectivity index (χ4n) is 2.44. The number of hydrogen-bond donors (Lipinski definition) is 1. The lowest BCUT2D eigenvalue weighted by atomic mass is 10.3. The Morgan fingerprint density at radius 1 is 1.21 bits per heavy atom. The van der Waals surface area contributed by atoms with Crippen LogP contribution in [-0.2, 0) is 9.53 Å². The zero-order valence-corrected chi connectivity index (χ0v) is 17.3. The van der Waals surface area contributed by atoms with E-state index in [0.29, 0.717) is 65.5 Å². The number of ether oxygens (including phenoxy) is 3. The molecule has 1 saturated heterocycles. The first kappa shape index (κ1) is 20.8. The Morgan fingerprint density at radius 3 is 2.45 bits per heavy atom. The minimum absolute atomic E-state index is 0.312. The molecular weight excluding hydrogens is 396 g/mol. The molecule has 0 unspecified atom stereocenters. The van der Waals surface area contributed by atoms with Crippen LogP contribution < -0.4 is 19.7 Å². The van der Waals surface area contributed by atoms with Crippen molar-refractivity contribution in [2.24, 2.45) is 0 Å². The average molecular weight is 418 g/mol. The fourth-order valence-corrected chi connectivity index (χ4v) is 3.32. The Kier molecular flexibility index (Phi) is 6.83. The second kappa shape index (κ2) is 9.52. The zero-order chi connectivity index (χ0) is 20.8. The van der Waals surface area contributed by atoms with Crippen molar-refractivity contribution in [1.82, 2.24) is 19.9 Å². The Balaban J connectivity index is 1.88. The van der Waals surface area contributed by atoms with Crippen molar-refractivity contribution in [3.05, 3.63) is 24.4 Å². The highest BCUT2D eigenvalue weighted by atomic mass is 32.2. The first-order valence-electron chi connectivity index (χ1n) is 8.82. The molecule has 0 bridgehead atoms. The molecule has 1 N–H and O–H groups in total. The number of nitrogens with one attached hydrogen (secondary N) is 1. The van der Waals surface area contributed by atoms with Gasteiger partial charge in [-0.25, -0.2) is 9.97 Å². The largest absolute Gasteiger partial charge is 0.480 e. The van der Waals surface area contributed by atoms with Crippen LogP contribution in [0.25, 0.3) is 0 Å². The fraction of sp³-hybridized carbons (Fsp3) is 0.389. The third kappa shape index (κ3) is 5.12. The Bertz CT molecular complexity index is 879. The number of morpholine rings is 1. The lowest BCUT2D eigenvalue weighted by molar-refractivity contribution is -0.112. The van der Waals surface area contributed by atoms with Gasteiger partial charge < -0.3 is 24.4 Å². The normalized spacial score (nSPS) is 13.7. The molecule has 1 aliphatic heterocycles. The Morgan fingerprint density at radius 2 is 1.86 bits per heavy atom. The second-order valence-corrected chi connectivity index (χ2v) is 7.01. The lowest BCUT2D eigenvalue weighted by Gasteiger charge is -2.27. The van der Waals surface area contributed by atoms with Gasteiger partial charge in [-0.1, -0.05) is 6.58 Å². The molecule has 0 saturated carbocycles. The topological polar surface area (TPSA) is 112 Å². The summed E-state index contributed by atoms with van der Waals surface area (Å²) >= 11 is 1.18. The molecule has 154 valence electrons. The maximum atomic E-state index is 11.8. The van der Waals surface area contributed by atoms with Crippen LogP contribution >= 0.6 is 11.8 Å². The highest BCUT2D eigenvalue weighted by Crippen LogP contribution is 2.39. The number of anilines is 2. The van der Waals surface area contributed by atoms with Gasteiger partial charge in [0.25, 0.3) is 5.91 Å². The summed E-state index contributed by atoms with van der Waals surface area (Å²) in [5.74, 6) is 1.26. The smallest absolute Gasteiger partial charge is 0.251 e. The SMILES string of the molecule is C=C(C)C(=O)Nc1ccnc(Sc2c(OC)nc(N3CCOCC3)nc2OC)n1. The average Bonchev–Trinajstić information content (AvgIpc) is 2.74. The van der Waals surface area contributed by atoms with Gasteiger partial charge in [0.2, 0.25) is 17.7 Å². The molecule has 0 radical (unpaired) electrons. The van der Waals surface area contributed by atoms with E-state index in [9.17, 15) is 4.79 Å². The van der Waals surface area contributed by atoms with Gasteiger partial charge in [0.15, 0.2) is 5.16 Å². The molecule has 3 rings (SSSR count). The second-order valence-electron chi connectivity index (χ2n) is 6.03. The lowest BCUT2D eigenvalue weighted by Crippen LogP contribution is -2.37. The predicted molar refractivity (Wildman–Crippen MR) is 108 cm³/mol. The highest BCUT2D eigenvalue weighted by Gasteiger charge is 2.23.